The summed E-state index contributed by atoms with van der Waals surface area (Å²) in [6, 6.07) is 0. The van der Waals surface area contributed by atoms with Crippen molar-refractivity contribution in [3.8, 4) is 0 Å². The first-order chi connectivity index (χ1) is 12.5. The average Bonchev–Trinajstić information content (AvgIpc) is 2.94. The van der Waals surface area contributed by atoms with Crippen LogP contribution in [0, 0.1) is 28.6 Å². The maximum Gasteiger partial charge on any atom is 0.189 e. The van der Waals surface area contributed by atoms with E-state index < -0.39 is 29.1 Å². The van der Waals surface area contributed by atoms with Crippen LogP contribution in [0.25, 0.3) is 0 Å². The molecule has 0 aromatic carbocycles. The van der Waals surface area contributed by atoms with Crippen molar-refractivity contribution in [1.29, 1.82) is 0 Å². The molecule has 0 aromatic rings. The van der Waals surface area contributed by atoms with Gasteiger partial charge in [-0.05, 0) is 75.4 Å². The predicted molar refractivity (Wildman–Crippen MR) is 98.5 cm³/mol. The molecule has 2 unspecified atom stereocenters. The third kappa shape index (κ3) is 2.21. The van der Waals surface area contributed by atoms with E-state index >= 15 is 4.39 Å². The molecule has 2 N–H and O–H groups in total. The Morgan fingerprint density at radius 2 is 1.89 bits per heavy atom. The molecular weight excluding hydrogens is 347 g/mol. The molecule has 5 heteroatoms. The molecule has 2 saturated carbocycles. The monoisotopic (exact) mass is 376 g/mol. The number of carbonyl (C=O) groups is 2. The van der Waals surface area contributed by atoms with Crippen LogP contribution >= 0.6 is 0 Å². The largest absolute Gasteiger partial charge is 0.388 e. The second-order valence-corrected chi connectivity index (χ2v) is 9.74. The lowest BCUT2D eigenvalue weighted by molar-refractivity contribution is -0.156. The zero-order valence-corrected chi connectivity index (χ0v) is 16.5. The Kier molecular flexibility index (Phi) is 3.94. The highest BCUT2D eigenvalue weighted by Gasteiger charge is 2.63. The number of carbonyl (C=O) groups excluding carboxylic acids is 2. The first-order valence-electron chi connectivity index (χ1n) is 9.97. The normalized spacial score (nSPS) is 51.7. The van der Waals surface area contributed by atoms with E-state index in [1.54, 1.807) is 13.8 Å². The Bertz CT molecular complexity index is 781. The van der Waals surface area contributed by atoms with Gasteiger partial charge >= 0.3 is 0 Å². The lowest BCUT2D eigenvalue weighted by atomic mass is 9.48. The number of aliphatic hydroxyl groups is 2. The fraction of sp³-hybridized carbons (Fsp3) is 0.727. The highest BCUT2D eigenvalue weighted by Crippen LogP contribution is 2.65. The molecule has 0 bridgehead atoms. The lowest BCUT2D eigenvalue weighted by Crippen LogP contribution is -2.62. The molecule has 0 spiro atoms. The third-order valence-electron chi connectivity index (χ3n) is 8.41. The van der Waals surface area contributed by atoms with Crippen LogP contribution in [0.5, 0.6) is 0 Å². The summed E-state index contributed by atoms with van der Waals surface area (Å²) in [4.78, 5) is 24.5. The number of Topliss-reactive ketones (excluding diaryl/α,β-unsaturated/α-hetero) is 1. The van der Waals surface area contributed by atoms with E-state index in [0.717, 1.165) is 18.4 Å². The van der Waals surface area contributed by atoms with Crippen molar-refractivity contribution in [1.82, 2.24) is 0 Å². The summed E-state index contributed by atoms with van der Waals surface area (Å²) in [5.74, 6) is -0.351. The fourth-order valence-corrected chi connectivity index (χ4v) is 6.85. The van der Waals surface area contributed by atoms with Crippen LogP contribution < -0.4 is 0 Å². The van der Waals surface area contributed by atoms with Crippen molar-refractivity contribution in [2.75, 3.05) is 0 Å². The van der Waals surface area contributed by atoms with Gasteiger partial charge in [0.15, 0.2) is 11.4 Å². The predicted octanol–water partition coefficient (Wildman–Crippen LogP) is 2.92. The molecule has 4 nitrogen and oxygen atoms in total. The van der Waals surface area contributed by atoms with Gasteiger partial charge in [0.25, 0.3) is 0 Å². The van der Waals surface area contributed by atoms with Gasteiger partial charge in [0.05, 0.1) is 0 Å². The average molecular weight is 376 g/mol. The number of hydrogen-bond acceptors (Lipinski definition) is 4. The van der Waals surface area contributed by atoms with Gasteiger partial charge in [-0.15, -0.1) is 0 Å². The van der Waals surface area contributed by atoms with Crippen LogP contribution in [-0.4, -0.2) is 39.7 Å². The number of fused-ring (bicyclic) bond motifs is 5. The van der Waals surface area contributed by atoms with Crippen molar-refractivity contribution in [2.45, 2.75) is 71.3 Å². The van der Waals surface area contributed by atoms with Gasteiger partial charge in [0.2, 0.25) is 0 Å². The van der Waals surface area contributed by atoms with Gasteiger partial charge in [-0.25, -0.2) is 4.39 Å². The number of aliphatic hydroxyl groups excluding tert-OH is 1. The van der Waals surface area contributed by atoms with Crippen molar-refractivity contribution >= 4 is 11.6 Å². The summed E-state index contributed by atoms with van der Waals surface area (Å²) in [6.07, 6.45) is 3.24. The minimum absolute atomic E-state index is 0.0101. The third-order valence-corrected chi connectivity index (χ3v) is 8.41. The summed E-state index contributed by atoms with van der Waals surface area (Å²) in [7, 11) is 0. The maximum absolute atomic E-state index is 15.3. The van der Waals surface area contributed by atoms with Gasteiger partial charge in [-0.2, -0.15) is 0 Å². The Morgan fingerprint density at radius 3 is 2.52 bits per heavy atom. The second-order valence-electron chi connectivity index (χ2n) is 9.74. The SMILES string of the molecule is CC(=O)[C@H]1CC[C@H]2[C@@H]3C[C@H](F)C4=CC(=O)C(C)(O)C(O)[C@]4(C)C3=CC[C@]12C. The number of halogens is 1. The molecule has 148 valence electrons. The van der Waals surface area contributed by atoms with E-state index in [0.29, 0.717) is 12.0 Å². The number of ketones is 2. The highest BCUT2D eigenvalue weighted by atomic mass is 19.1. The second kappa shape index (κ2) is 5.60. The van der Waals surface area contributed by atoms with Crippen LogP contribution in [0.15, 0.2) is 23.3 Å². The Labute approximate surface area is 159 Å². The fourth-order valence-electron chi connectivity index (χ4n) is 6.85. The van der Waals surface area contributed by atoms with Crippen LogP contribution in [0.2, 0.25) is 0 Å². The van der Waals surface area contributed by atoms with Gasteiger partial charge in [0.1, 0.15) is 18.1 Å². The number of hydrogen-bond donors (Lipinski definition) is 2. The summed E-state index contributed by atoms with van der Waals surface area (Å²) < 4.78 is 15.3. The van der Waals surface area contributed by atoms with Crippen molar-refractivity contribution in [2.24, 2.45) is 28.6 Å². The molecule has 0 heterocycles. The summed E-state index contributed by atoms with van der Waals surface area (Å²) in [6.45, 7) is 6.85. The minimum Gasteiger partial charge on any atom is -0.388 e. The molecule has 4 aliphatic carbocycles. The van der Waals surface area contributed by atoms with Gasteiger partial charge in [-0.3, -0.25) is 9.59 Å². The van der Waals surface area contributed by atoms with E-state index in [4.69, 9.17) is 0 Å². The molecule has 4 aliphatic rings. The minimum atomic E-state index is -1.93. The van der Waals surface area contributed by atoms with Gasteiger partial charge < -0.3 is 10.2 Å². The first-order valence-corrected chi connectivity index (χ1v) is 9.97. The van der Waals surface area contributed by atoms with Crippen molar-refractivity contribution in [3.05, 3.63) is 23.3 Å². The van der Waals surface area contributed by atoms with E-state index in [1.165, 1.54) is 13.0 Å². The van der Waals surface area contributed by atoms with Crippen LogP contribution in [0.1, 0.15) is 53.4 Å². The molecular formula is C22H29FO4. The van der Waals surface area contributed by atoms with Crippen LogP contribution in [-0.2, 0) is 9.59 Å². The zero-order valence-electron chi connectivity index (χ0n) is 16.5. The molecule has 0 amide bonds. The Balaban J connectivity index is 1.85. The van der Waals surface area contributed by atoms with Crippen LogP contribution in [0.4, 0.5) is 4.39 Å². The van der Waals surface area contributed by atoms with Crippen molar-refractivity contribution < 1.29 is 24.2 Å². The molecule has 0 radical (unpaired) electrons. The molecule has 0 aliphatic heterocycles. The Hall–Kier alpha value is -1.33. The van der Waals surface area contributed by atoms with E-state index in [9.17, 15) is 19.8 Å². The standard InChI is InChI=1S/C22H29FO4/c1-11(24)13-5-6-14-12-9-17(23)16-10-18(25)22(4,27)19(26)21(16,3)15(12)7-8-20(13,14)2/h7,10,12-14,17,19,26-27H,5-6,8-9H2,1-4H3/t12-,13+,14-,17-,19?,20+,21+,22?/m0/s1. The van der Waals surface area contributed by atoms with E-state index in [1.807, 2.05) is 0 Å². The topological polar surface area (TPSA) is 74.6 Å². The first kappa shape index (κ1) is 19.0. The summed E-state index contributed by atoms with van der Waals surface area (Å²) in [5, 5.41) is 21.6. The maximum atomic E-state index is 15.3. The van der Waals surface area contributed by atoms with Gasteiger partial charge in [0, 0.05) is 11.3 Å². The molecule has 0 saturated heterocycles. The smallest absolute Gasteiger partial charge is 0.189 e. The summed E-state index contributed by atoms with van der Waals surface area (Å²) in [5.41, 5.74) is -1.97. The van der Waals surface area contributed by atoms with Gasteiger partial charge in [-0.1, -0.05) is 18.6 Å². The Morgan fingerprint density at radius 1 is 1.22 bits per heavy atom. The quantitative estimate of drug-likeness (QED) is 0.690. The number of alkyl halides is 1. The molecule has 4 rings (SSSR count). The molecule has 2 fully saturated rings. The van der Waals surface area contributed by atoms with E-state index in [2.05, 4.69) is 13.0 Å². The number of rotatable bonds is 1. The molecule has 8 atom stereocenters. The molecule has 0 aromatic heterocycles. The lowest BCUT2D eigenvalue weighted by Gasteiger charge is -2.57. The van der Waals surface area contributed by atoms with Crippen LogP contribution in [0.3, 0.4) is 0 Å². The highest BCUT2D eigenvalue weighted by molar-refractivity contribution is 5.99. The molecule has 27 heavy (non-hydrogen) atoms. The van der Waals surface area contributed by atoms with E-state index in [-0.39, 0.29) is 35.4 Å². The zero-order chi connectivity index (χ0) is 19.9. The number of allylic oxidation sites excluding steroid dienone is 1. The van der Waals surface area contributed by atoms with Crippen molar-refractivity contribution in [3.63, 3.8) is 0 Å². The summed E-state index contributed by atoms with van der Waals surface area (Å²) >= 11 is 0.